The van der Waals surface area contributed by atoms with Crippen molar-refractivity contribution in [2.75, 3.05) is 27.7 Å². The smallest absolute Gasteiger partial charge is 0.253 e. The van der Waals surface area contributed by atoms with Gasteiger partial charge in [0.2, 0.25) is 0 Å². The third-order valence-electron chi connectivity index (χ3n) is 6.87. The van der Waals surface area contributed by atoms with Crippen LogP contribution in [0.1, 0.15) is 48.0 Å². The number of halogens is 1. The summed E-state index contributed by atoms with van der Waals surface area (Å²) in [5.74, 6) is 1.50. The van der Waals surface area contributed by atoms with E-state index in [4.69, 9.17) is 4.74 Å². The quantitative estimate of drug-likeness (QED) is 0.370. The molecule has 0 bridgehead atoms. The first-order chi connectivity index (χ1) is 13.5. The number of hydrogen-bond acceptors (Lipinski definition) is 3. The number of nitrogens with one attached hydrogen (secondary N) is 2. The lowest BCUT2D eigenvalue weighted by atomic mass is 9.54. The third-order valence-corrected chi connectivity index (χ3v) is 6.87. The maximum absolute atomic E-state index is 12.0. The fourth-order valence-electron chi connectivity index (χ4n) is 5.46. The van der Waals surface area contributed by atoms with Gasteiger partial charge in [-0.3, -0.25) is 9.79 Å². The normalized spacial score (nSPS) is 27.0. The van der Waals surface area contributed by atoms with E-state index in [0.29, 0.717) is 35.6 Å². The molecule has 1 heterocycles. The van der Waals surface area contributed by atoms with E-state index < -0.39 is 0 Å². The Morgan fingerprint density at radius 2 is 1.93 bits per heavy atom. The van der Waals surface area contributed by atoms with E-state index in [-0.39, 0.29) is 29.9 Å². The van der Waals surface area contributed by atoms with Gasteiger partial charge in [0.1, 0.15) is 0 Å². The lowest BCUT2D eigenvalue weighted by Gasteiger charge is -2.57. The van der Waals surface area contributed by atoms with Gasteiger partial charge in [0, 0.05) is 57.2 Å². The van der Waals surface area contributed by atoms with Gasteiger partial charge < -0.3 is 20.3 Å². The second-order valence-electron chi connectivity index (χ2n) is 8.63. The monoisotopic (exact) mass is 512 g/mol. The number of ether oxygens (including phenoxy) is 1. The number of carbonyl (C=O) groups is 1. The van der Waals surface area contributed by atoms with Crippen molar-refractivity contribution in [1.29, 1.82) is 0 Å². The van der Waals surface area contributed by atoms with Crippen molar-refractivity contribution >= 4 is 35.8 Å². The molecule has 1 saturated heterocycles. The Kier molecular flexibility index (Phi) is 7.09. The number of hydrogen-bond donors (Lipinski definition) is 2. The number of nitrogens with zero attached hydrogens (tertiary/aromatic N) is 2. The van der Waals surface area contributed by atoms with Crippen LogP contribution >= 0.6 is 24.0 Å². The minimum absolute atomic E-state index is 0. The number of amides is 1. The molecule has 1 aliphatic heterocycles. The molecule has 1 spiro atoms. The Morgan fingerprint density at radius 3 is 2.55 bits per heavy atom. The van der Waals surface area contributed by atoms with Gasteiger partial charge in [0.05, 0.1) is 6.10 Å². The van der Waals surface area contributed by atoms with Crippen LogP contribution in [-0.2, 0) is 11.3 Å². The summed E-state index contributed by atoms with van der Waals surface area (Å²) in [6.45, 7) is 1.58. The molecule has 2 aliphatic carbocycles. The highest BCUT2D eigenvalue weighted by Crippen LogP contribution is 2.60. The van der Waals surface area contributed by atoms with E-state index in [2.05, 4.69) is 15.6 Å². The molecule has 3 fully saturated rings. The molecule has 3 unspecified atom stereocenters. The van der Waals surface area contributed by atoms with Gasteiger partial charge in [-0.05, 0) is 37.0 Å². The SMILES string of the molecule is CN=C(NCc1ccc(C(=O)N(C)C)cc1)NC1C2CCOC2C12CCCC2.I. The van der Waals surface area contributed by atoms with E-state index in [0.717, 1.165) is 24.6 Å². The summed E-state index contributed by atoms with van der Waals surface area (Å²) in [5, 5.41) is 7.17. The summed E-state index contributed by atoms with van der Waals surface area (Å²) >= 11 is 0. The predicted octanol–water partition coefficient (Wildman–Crippen LogP) is 3.02. The van der Waals surface area contributed by atoms with Crippen molar-refractivity contribution in [1.82, 2.24) is 15.5 Å². The molecule has 1 amide bonds. The predicted molar refractivity (Wildman–Crippen MR) is 126 cm³/mol. The van der Waals surface area contributed by atoms with Gasteiger partial charge in [-0.25, -0.2) is 0 Å². The van der Waals surface area contributed by atoms with Crippen LogP contribution < -0.4 is 10.6 Å². The van der Waals surface area contributed by atoms with Gasteiger partial charge >= 0.3 is 0 Å². The summed E-state index contributed by atoms with van der Waals surface area (Å²) in [7, 11) is 5.37. The second kappa shape index (κ2) is 9.20. The van der Waals surface area contributed by atoms with Crippen LogP contribution in [0.25, 0.3) is 0 Å². The van der Waals surface area contributed by atoms with Gasteiger partial charge in [0.15, 0.2) is 5.96 Å². The summed E-state index contributed by atoms with van der Waals surface area (Å²) in [5.41, 5.74) is 2.15. The molecule has 0 radical (unpaired) electrons. The summed E-state index contributed by atoms with van der Waals surface area (Å²) < 4.78 is 6.08. The molecule has 1 aromatic rings. The number of rotatable bonds is 4. The van der Waals surface area contributed by atoms with Crippen molar-refractivity contribution in [3.8, 4) is 0 Å². The summed E-state index contributed by atoms with van der Waals surface area (Å²) in [6.07, 6.45) is 6.77. The van der Waals surface area contributed by atoms with Gasteiger partial charge in [-0.15, -0.1) is 24.0 Å². The highest BCUT2D eigenvalue weighted by Gasteiger charge is 2.65. The Morgan fingerprint density at radius 1 is 1.24 bits per heavy atom. The first kappa shape index (κ1) is 22.3. The summed E-state index contributed by atoms with van der Waals surface area (Å²) in [6, 6.07) is 8.23. The van der Waals surface area contributed by atoms with Crippen molar-refractivity contribution in [2.24, 2.45) is 16.3 Å². The van der Waals surface area contributed by atoms with Crippen LogP contribution in [0.2, 0.25) is 0 Å². The lowest BCUT2D eigenvalue weighted by Crippen LogP contribution is -2.69. The number of benzene rings is 1. The molecule has 4 rings (SSSR count). The molecular formula is C22H33IN4O2. The lowest BCUT2D eigenvalue weighted by molar-refractivity contribution is -0.125. The van der Waals surface area contributed by atoms with Crippen LogP contribution in [0.4, 0.5) is 0 Å². The first-order valence-corrected chi connectivity index (χ1v) is 10.4. The maximum atomic E-state index is 12.0. The number of carbonyl (C=O) groups excluding carboxylic acids is 1. The Labute approximate surface area is 190 Å². The maximum Gasteiger partial charge on any atom is 0.253 e. The van der Waals surface area contributed by atoms with Crippen LogP contribution in [0, 0.1) is 11.3 Å². The molecule has 0 aromatic heterocycles. The zero-order valence-electron chi connectivity index (χ0n) is 17.6. The largest absolute Gasteiger partial charge is 0.377 e. The van der Waals surface area contributed by atoms with Crippen molar-refractivity contribution in [2.45, 2.75) is 50.8 Å². The highest BCUT2D eigenvalue weighted by molar-refractivity contribution is 14.0. The minimum Gasteiger partial charge on any atom is -0.377 e. The van der Waals surface area contributed by atoms with Gasteiger partial charge in [0.25, 0.3) is 5.91 Å². The highest BCUT2D eigenvalue weighted by atomic mass is 127. The molecule has 29 heavy (non-hydrogen) atoms. The zero-order valence-corrected chi connectivity index (χ0v) is 19.9. The molecule has 2 saturated carbocycles. The van der Waals surface area contributed by atoms with Crippen molar-refractivity contribution < 1.29 is 9.53 Å². The topological polar surface area (TPSA) is 66.0 Å². The standard InChI is InChI=1S/C22H32N4O2.HI/c1-23-21(24-14-15-6-8-16(9-7-15)20(27)26(2)3)25-18-17-10-13-28-19(17)22(18)11-4-5-12-22;/h6-9,17-19H,4-5,10-14H2,1-3H3,(H2,23,24,25);1H. The van der Waals surface area contributed by atoms with Crippen molar-refractivity contribution in [3.63, 3.8) is 0 Å². The minimum atomic E-state index is 0. The molecule has 160 valence electrons. The number of aliphatic imine (C=N–C) groups is 1. The van der Waals surface area contributed by atoms with Crippen molar-refractivity contribution in [3.05, 3.63) is 35.4 Å². The van der Waals surface area contributed by atoms with Crippen LogP contribution in [0.5, 0.6) is 0 Å². The average molecular weight is 512 g/mol. The Balaban J connectivity index is 0.00000240. The molecule has 3 aliphatic rings. The van der Waals surface area contributed by atoms with E-state index >= 15 is 0 Å². The van der Waals surface area contributed by atoms with E-state index in [1.54, 1.807) is 19.0 Å². The molecule has 1 aromatic carbocycles. The van der Waals surface area contributed by atoms with Gasteiger partial charge in [-0.1, -0.05) is 25.0 Å². The fraction of sp³-hybridized carbons (Fsp3) is 0.636. The van der Waals surface area contributed by atoms with E-state index in [1.165, 1.54) is 25.7 Å². The molecular weight excluding hydrogens is 479 g/mol. The second-order valence-corrected chi connectivity index (χ2v) is 8.63. The van der Waals surface area contributed by atoms with Crippen LogP contribution in [0.3, 0.4) is 0 Å². The van der Waals surface area contributed by atoms with E-state index in [9.17, 15) is 4.79 Å². The van der Waals surface area contributed by atoms with Crippen LogP contribution in [-0.4, -0.2) is 56.7 Å². The van der Waals surface area contributed by atoms with Crippen LogP contribution in [0.15, 0.2) is 29.3 Å². The fourth-order valence-corrected chi connectivity index (χ4v) is 5.46. The average Bonchev–Trinajstić information content (AvgIpc) is 3.37. The summed E-state index contributed by atoms with van der Waals surface area (Å²) in [4.78, 5) is 18.1. The Hall–Kier alpha value is -1.35. The molecule has 7 heteroatoms. The van der Waals surface area contributed by atoms with Gasteiger partial charge in [-0.2, -0.15) is 0 Å². The number of fused-ring (bicyclic) bond motifs is 2. The third kappa shape index (κ3) is 4.13. The first-order valence-electron chi connectivity index (χ1n) is 10.4. The zero-order chi connectivity index (χ0) is 19.7. The Bertz CT molecular complexity index is 744. The molecule has 2 N–H and O–H groups in total. The molecule has 3 atom stereocenters. The van der Waals surface area contributed by atoms with E-state index in [1.807, 2.05) is 31.3 Å². The number of guanidine groups is 1. The molecule has 6 nitrogen and oxygen atoms in total.